The molecule has 0 atom stereocenters. The summed E-state index contributed by atoms with van der Waals surface area (Å²) in [6.45, 7) is 0. The van der Waals surface area contributed by atoms with Crippen molar-refractivity contribution in [3.05, 3.63) is 75.3 Å². The molecule has 4 heteroatoms. The molecular weight excluding hydrogens is 252 g/mol. The first-order valence-electron chi connectivity index (χ1n) is 6.31. The molecule has 20 heavy (non-hydrogen) atoms. The number of fused-ring (bicyclic) bond motifs is 4. The largest absolute Gasteiger partial charge is 0.359 e. The number of aromatic amines is 1. The van der Waals surface area contributed by atoms with E-state index in [4.69, 9.17) is 0 Å². The zero-order valence-electron chi connectivity index (χ0n) is 10.5. The molecule has 2 aliphatic heterocycles. The third kappa shape index (κ3) is 1.30. The Hall–Kier alpha value is -2.88. The Balaban J connectivity index is 2.40. The quantitative estimate of drug-likeness (QED) is 0.528. The maximum atomic E-state index is 12.7. The first-order valence-corrected chi connectivity index (χ1v) is 6.31. The van der Waals surface area contributed by atoms with Gasteiger partial charge in [-0.2, -0.15) is 0 Å². The third-order valence-corrected chi connectivity index (χ3v) is 3.59. The number of aromatic nitrogens is 2. The third-order valence-electron chi connectivity index (χ3n) is 3.59. The SMILES string of the molecule is O=c1c2c[nH]c3ccccc3c(=O)n-2c2ccccc12. The van der Waals surface area contributed by atoms with Crippen LogP contribution in [0.4, 0.5) is 0 Å². The van der Waals surface area contributed by atoms with Gasteiger partial charge < -0.3 is 4.98 Å². The minimum absolute atomic E-state index is 0.130. The van der Waals surface area contributed by atoms with Gasteiger partial charge in [-0.25, -0.2) is 0 Å². The summed E-state index contributed by atoms with van der Waals surface area (Å²) in [5.74, 6) is 0. The lowest BCUT2D eigenvalue weighted by Crippen LogP contribution is -2.16. The first-order chi connectivity index (χ1) is 9.77. The number of H-pyrrole nitrogens is 1. The Morgan fingerprint density at radius 1 is 0.850 bits per heavy atom. The molecule has 0 spiro atoms. The lowest BCUT2D eigenvalue weighted by atomic mass is 10.2. The molecule has 2 aliphatic rings. The Morgan fingerprint density at radius 3 is 2.40 bits per heavy atom. The summed E-state index contributed by atoms with van der Waals surface area (Å²) < 4.78 is 1.48. The molecule has 0 radical (unpaired) electrons. The minimum Gasteiger partial charge on any atom is -0.359 e. The number of rotatable bonds is 0. The van der Waals surface area contributed by atoms with Crippen LogP contribution in [0.25, 0.3) is 27.5 Å². The highest BCUT2D eigenvalue weighted by Crippen LogP contribution is 2.17. The Kier molecular flexibility index (Phi) is 2.09. The van der Waals surface area contributed by atoms with Crippen molar-refractivity contribution >= 4 is 21.8 Å². The van der Waals surface area contributed by atoms with Gasteiger partial charge in [-0.1, -0.05) is 24.3 Å². The van der Waals surface area contributed by atoms with Crippen molar-refractivity contribution in [1.29, 1.82) is 0 Å². The first kappa shape index (κ1) is 11.0. The molecule has 2 heterocycles. The maximum absolute atomic E-state index is 12.7. The van der Waals surface area contributed by atoms with Gasteiger partial charge in [-0.15, -0.1) is 0 Å². The van der Waals surface area contributed by atoms with Gasteiger partial charge in [0.2, 0.25) is 5.43 Å². The molecule has 96 valence electrons. The molecule has 1 N–H and O–H groups in total. The van der Waals surface area contributed by atoms with Crippen LogP contribution >= 0.6 is 0 Å². The summed E-state index contributed by atoms with van der Waals surface area (Å²) in [6, 6.07) is 14.4. The number of nitrogens with one attached hydrogen (secondary N) is 1. The van der Waals surface area contributed by atoms with Gasteiger partial charge in [0.1, 0.15) is 5.69 Å². The van der Waals surface area contributed by atoms with Crippen LogP contribution in [0.3, 0.4) is 0 Å². The number of hydrogen-bond acceptors (Lipinski definition) is 2. The standard InChI is InChI=1S/C16H10N2O2/c19-15-11-6-2-4-8-13(11)18-14(15)9-17-12-7-3-1-5-10(12)16(18)20/h1-9,17H. The van der Waals surface area contributed by atoms with Gasteiger partial charge in [-0.3, -0.25) is 14.2 Å². The van der Waals surface area contributed by atoms with Crippen LogP contribution < -0.4 is 11.0 Å². The predicted octanol–water partition coefficient (Wildman–Crippen LogP) is 2.27. The summed E-state index contributed by atoms with van der Waals surface area (Å²) in [5.41, 5.74) is 1.41. The van der Waals surface area contributed by atoms with E-state index in [-0.39, 0.29) is 11.0 Å². The molecule has 0 aliphatic carbocycles. The van der Waals surface area contributed by atoms with Gasteiger partial charge in [0.15, 0.2) is 0 Å². The van der Waals surface area contributed by atoms with Crippen molar-refractivity contribution in [2.45, 2.75) is 0 Å². The molecular formula is C16H10N2O2. The van der Waals surface area contributed by atoms with Crippen LogP contribution in [0.2, 0.25) is 0 Å². The number of hydrogen-bond donors (Lipinski definition) is 1. The Labute approximate surface area is 113 Å². The second kappa shape index (κ2) is 3.81. The fourth-order valence-electron chi connectivity index (χ4n) is 2.64. The highest BCUT2D eigenvalue weighted by Gasteiger charge is 2.16. The zero-order valence-corrected chi connectivity index (χ0v) is 10.5. The molecule has 0 saturated carbocycles. The van der Waals surface area contributed by atoms with E-state index < -0.39 is 0 Å². The van der Waals surface area contributed by atoms with Crippen LogP contribution in [0, 0.1) is 0 Å². The second-order valence-electron chi connectivity index (χ2n) is 4.71. The molecule has 4 nitrogen and oxygen atoms in total. The number of benzene rings is 2. The van der Waals surface area contributed by atoms with E-state index >= 15 is 0 Å². The summed E-state index contributed by atoms with van der Waals surface area (Å²) in [4.78, 5) is 28.1. The van der Waals surface area contributed by atoms with Gasteiger partial charge in [0.25, 0.3) is 5.56 Å². The van der Waals surface area contributed by atoms with Gasteiger partial charge in [0.05, 0.1) is 16.4 Å². The fraction of sp³-hybridized carbons (Fsp3) is 0. The second-order valence-corrected chi connectivity index (χ2v) is 4.71. The minimum atomic E-state index is -0.185. The van der Waals surface area contributed by atoms with Crippen molar-refractivity contribution in [2.75, 3.05) is 0 Å². The van der Waals surface area contributed by atoms with E-state index in [1.807, 2.05) is 24.3 Å². The van der Waals surface area contributed by atoms with E-state index in [1.54, 1.807) is 30.5 Å². The molecule has 0 aromatic heterocycles. The Bertz CT molecular complexity index is 1040. The molecule has 4 rings (SSSR count). The molecule has 0 unspecified atom stereocenters. The summed E-state index contributed by atoms with van der Waals surface area (Å²) >= 11 is 0. The number of nitrogens with zero attached hydrogens (tertiary/aromatic N) is 1. The summed E-state index contributed by atoms with van der Waals surface area (Å²) in [7, 11) is 0. The topological polar surface area (TPSA) is 54.9 Å². The molecule has 2 aromatic carbocycles. The van der Waals surface area contributed by atoms with Crippen molar-refractivity contribution in [3.8, 4) is 5.69 Å². The molecule has 2 aromatic rings. The summed E-state index contributed by atoms with van der Waals surface area (Å²) in [6.07, 6.45) is 1.60. The monoisotopic (exact) mass is 262 g/mol. The Morgan fingerprint density at radius 2 is 1.55 bits per heavy atom. The normalized spacial score (nSPS) is 11.4. The van der Waals surface area contributed by atoms with Gasteiger partial charge >= 0.3 is 0 Å². The lowest BCUT2D eigenvalue weighted by molar-refractivity contribution is 1.07. The van der Waals surface area contributed by atoms with Crippen LogP contribution in [0.15, 0.2) is 64.3 Å². The van der Waals surface area contributed by atoms with E-state index in [0.29, 0.717) is 27.5 Å². The van der Waals surface area contributed by atoms with E-state index in [0.717, 1.165) is 0 Å². The maximum Gasteiger partial charge on any atom is 0.265 e. The molecule has 0 saturated heterocycles. The fourth-order valence-corrected chi connectivity index (χ4v) is 2.64. The van der Waals surface area contributed by atoms with E-state index in [2.05, 4.69) is 4.98 Å². The lowest BCUT2D eigenvalue weighted by Gasteiger charge is -1.97. The van der Waals surface area contributed by atoms with Crippen molar-refractivity contribution in [3.63, 3.8) is 0 Å². The van der Waals surface area contributed by atoms with Gasteiger partial charge in [0, 0.05) is 11.6 Å². The van der Waals surface area contributed by atoms with Gasteiger partial charge in [-0.05, 0) is 24.3 Å². The molecule has 0 fully saturated rings. The van der Waals surface area contributed by atoms with Crippen molar-refractivity contribution < 1.29 is 0 Å². The van der Waals surface area contributed by atoms with Crippen LogP contribution in [-0.4, -0.2) is 9.55 Å². The van der Waals surface area contributed by atoms with Crippen molar-refractivity contribution in [1.82, 2.24) is 9.55 Å². The smallest absolute Gasteiger partial charge is 0.265 e. The molecule has 0 amide bonds. The van der Waals surface area contributed by atoms with Crippen LogP contribution in [0.5, 0.6) is 0 Å². The van der Waals surface area contributed by atoms with E-state index in [1.165, 1.54) is 4.57 Å². The average molecular weight is 262 g/mol. The van der Waals surface area contributed by atoms with Crippen molar-refractivity contribution in [2.24, 2.45) is 0 Å². The van der Waals surface area contributed by atoms with Crippen LogP contribution in [0.1, 0.15) is 0 Å². The molecule has 0 bridgehead atoms. The average Bonchev–Trinajstić information content (AvgIpc) is 2.68. The van der Waals surface area contributed by atoms with E-state index in [9.17, 15) is 9.59 Å². The summed E-state index contributed by atoms with van der Waals surface area (Å²) in [5, 5.41) is 1.12. The predicted molar refractivity (Wildman–Crippen MR) is 78.9 cm³/mol. The highest BCUT2D eigenvalue weighted by molar-refractivity contribution is 5.87. The highest BCUT2D eigenvalue weighted by atomic mass is 16.1. The number of para-hydroxylation sites is 2. The van der Waals surface area contributed by atoms with Crippen LogP contribution in [-0.2, 0) is 0 Å². The zero-order chi connectivity index (χ0) is 13.7.